The molecule has 1 heterocycles. The van der Waals surface area contributed by atoms with Crippen LogP contribution in [0.25, 0.3) is 10.6 Å². The first-order valence-corrected chi connectivity index (χ1v) is 9.77. The highest BCUT2D eigenvalue weighted by molar-refractivity contribution is 7.13. The highest BCUT2D eigenvalue weighted by atomic mass is 32.1. The first kappa shape index (κ1) is 21.2. The van der Waals surface area contributed by atoms with Crippen molar-refractivity contribution in [3.8, 4) is 22.1 Å². The third kappa shape index (κ3) is 6.22. The number of ether oxygens (including phenoxy) is 4. The molecule has 0 spiro atoms. The molecule has 0 fully saturated rings. The van der Waals surface area contributed by atoms with E-state index in [0.29, 0.717) is 29.7 Å². The van der Waals surface area contributed by atoms with Gasteiger partial charge in [-0.3, -0.25) is 0 Å². The van der Waals surface area contributed by atoms with Gasteiger partial charge < -0.3 is 18.9 Å². The van der Waals surface area contributed by atoms with Gasteiger partial charge in [-0.15, -0.1) is 11.3 Å². The van der Waals surface area contributed by atoms with Crippen LogP contribution in [0.2, 0.25) is 0 Å². The first-order valence-electron chi connectivity index (χ1n) is 8.89. The number of thiazole rings is 1. The average Bonchev–Trinajstić information content (AvgIpc) is 3.13. The number of hydrogen-bond acceptors (Lipinski definition) is 7. The Morgan fingerprint density at radius 1 is 1.19 bits per heavy atom. The second-order valence-electron chi connectivity index (χ2n) is 6.51. The molecule has 1 unspecified atom stereocenters. The summed E-state index contributed by atoms with van der Waals surface area (Å²) in [6.45, 7) is 6.60. The molecule has 6 nitrogen and oxygen atoms in total. The number of hydrogen-bond donors (Lipinski definition) is 0. The van der Waals surface area contributed by atoms with E-state index in [9.17, 15) is 4.79 Å². The lowest BCUT2D eigenvalue weighted by Crippen LogP contribution is -2.24. The molecule has 7 heteroatoms. The smallest absolute Gasteiger partial charge is 0.335 e. The summed E-state index contributed by atoms with van der Waals surface area (Å²) in [5, 5.41) is 2.66. The summed E-state index contributed by atoms with van der Waals surface area (Å²) in [5.74, 6) is 1.55. The van der Waals surface area contributed by atoms with E-state index in [1.165, 1.54) is 11.3 Å². The Labute approximate surface area is 164 Å². The molecule has 1 atom stereocenters. The summed E-state index contributed by atoms with van der Waals surface area (Å²) in [6, 6.07) is 5.57. The Morgan fingerprint density at radius 3 is 2.63 bits per heavy atom. The predicted octanol–water partition coefficient (Wildman–Crippen LogP) is 4.32. The van der Waals surface area contributed by atoms with Crippen molar-refractivity contribution in [2.45, 2.75) is 39.9 Å². The van der Waals surface area contributed by atoms with Crippen molar-refractivity contribution in [1.82, 2.24) is 4.98 Å². The number of nitrogens with zero attached hydrogens (tertiary/aromatic N) is 1. The highest BCUT2D eigenvalue weighted by Gasteiger charge is 2.17. The fraction of sp³-hybridized carbons (Fsp3) is 0.500. The number of esters is 1. The van der Waals surface area contributed by atoms with Gasteiger partial charge in [0.15, 0.2) is 6.10 Å². The van der Waals surface area contributed by atoms with E-state index in [0.717, 1.165) is 17.0 Å². The quantitative estimate of drug-likeness (QED) is 0.560. The molecule has 0 aliphatic carbocycles. The van der Waals surface area contributed by atoms with Crippen molar-refractivity contribution >= 4 is 17.3 Å². The van der Waals surface area contributed by atoms with E-state index >= 15 is 0 Å². The van der Waals surface area contributed by atoms with E-state index in [-0.39, 0.29) is 12.6 Å². The number of carbonyl (C=O) groups is 1. The van der Waals surface area contributed by atoms with E-state index in [4.69, 9.17) is 18.9 Å². The molecule has 0 aliphatic rings. The summed E-state index contributed by atoms with van der Waals surface area (Å²) in [4.78, 5) is 16.6. The highest BCUT2D eigenvalue weighted by Crippen LogP contribution is 2.35. The maximum absolute atomic E-state index is 12.0. The standard InChI is InChI=1S/C20H27NO5S/c1-13(2)8-9-25-14(3)20(22)26-11-15-12-27-19(21-15)17-7-6-16(23-4)10-18(17)24-5/h6-7,10,12-14H,8-9,11H2,1-5H3. The zero-order valence-corrected chi connectivity index (χ0v) is 17.3. The maximum Gasteiger partial charge on any atom is 0.335 e. The summed E-state index contributed by atoms with van der Waals surface area (Å²) in [5.41, 5.74) is 1.56. The van der Waals surface area contributed by atoms with Crippen LogP contribution in [0.3, 0.4) is 0 Å². The Hall–Kier alpha value is -2.12. The minimum absolute atomic E-state index is 0.117. The Balaban J connectivity index is 1.93. The maximum atomic E-state index is 12.0. The Kier molecular flexibility index (Phi) is 8.06. The molecule has 0 saturated carbocycles. The van der Waals surface area contributed by atoms with Crippen molar-refractivity contribution < 1.29 is 23.7 Å². The van der Waals surface area contributed by atoms with Crippen LogP contribution in [0, 0.1) is 5.92 Å². The van der Waals surface area contributed by atoms with Crippen LogP contribution in [0.15, 0.2) is 23.6 Å². The minimum Gasteiger partial charge on any atom is -0.497 e. The topological polar surface area (TPSA) is 66.9 Å². The van der Waals surface area contributed by atoms with E-state index < -0.39 is 6.10 Å². The lowest BCUT2D eigenvalue weighted by Gasteiger charge is -2.13. The monoisotopic (exact) mass is 393 g/mol. The lowest BCUT2D eigenvalue weighted by molar-refractivity contribution is -0.157. The summed E-state index contributed by atoms with van der Waals surface area (Å²) in [6.07, 6.45) is 0.333. The van der Waals surface area contributed by atoms with Crippen molar-refractivity contribution in [1.29, 1.82) is 0 Å². The Bertz CT molecular complexity index is 744. The molecule has 2 rings (SSSR count). The van der Waals surface area contributed by atoms with E-state index in [2.05, 4.69) is 18.8 Å². The summed E-state index contributed by atoms with van der Waals surface area (Å²) in [7, 11) is 3.22. The van der Waals surface area contributed by atoms with Crippen molar-refractivity contribution in [3.05, 3.63) is 29.3 Å². The molecular formula is C20H27NO5S. The largest absolute Gasteiger partial charge is 0.497 e. The third-order valence-electron chi connectivity index (χ3n) is 3.95. The van der Waals surface area contributed by atoms with Crippen LogP contribution < -0.4 is 9.47 Å². The van der Waals surface area contributed by atoms with Crippen LogP contribution in [0.4, 0.5) is 0 Å². The molecule has 0 amide bonds. The van der Waals surface area contributed by atoms with Gasteiger partial charge in [0, 0.05) is 18.1 Å². The van der Waals surface area contributed by atoms with Crippen molar-refractivity contribution in [2.24, 2.45) is 5.92 Å². The van der Waals surface area contributed by atoms with Gasteiger partial charge in [0.1, 0.15) is 23.1 Å². The molecule has 148 valence electrons. The number of methoxy groups -OCH3 is 2. The number of carbonyl (C=O) groups excluding carboxylic acids is 1. The lowest BCUT2D eigenvalue weighted by atomic mass is 10.1. The van der Waals surface area contributed by atoms with Gasteiger partial charge in [0.05, 0.1) is 25.5 Å². The number of benzene rings is 1. The average molecular weight is 394 g/mol. The van der Waals surface area contributed by atoms with Gasteiger partial charge in [-0.05, 0) is 31.4 Å². The second kappa shape index (κ2) is 10.3. The molecule has 0 aliphatic heterocycles. The van der Waals surface area contributed by atoms with E-state index in [1.54, 1.807) is 21.1 Å². The summed E-state index contributed by atoms with van der Waals surface area (Å²) < 4.78 is 21.5. The molecule has 0 radical (unpaired) electrons. The van der Waals surface area contributed by atoms with Gasteiger partial charge in [-0.25, -0.2) is 9.78 Å². The SMILES string of the molecule is COc1ccc(-c2nc(COC(=O)C(C)OCCC(C)C)cs2)c(OC)c1. The van der Waals surface area contributed by atoms with Gasteiger partial charge in [-0.1, -0.05) is 13.8 Å². The number of rotatable bonds is 10. The minimum atomic E-state index is -0.580. The molecule has 27 heavy (non-hydrogen) atoms. The van der Waals surface area contributed by atoms with Gasteiger partial charge in [-0.2, -0.15) is 0 Å². The molecule has 0 saturated heterocycles. The fourth-order valence-corrected chi connectivity index (χ4v) is 3.12. The molecular weight excluding hydrogens is 366 g/mol. The van der Waals surface area contributed by atoms with Gasteiger partial charge in [0.25, 0.3) is 0 Å². The Morgan fingerprint density at radius 2 is 1.96 bits per heavy atom. The molecule has 1 aromatic heterocycles. The summed E-state index contributed by atoms with van der Waals surface area (Å²) >= 11 is 1.47. The van der Waals surface area contributed by atoms with Crippen LogP contribution in [-0.2, 0) is 20.9 Å². The van der Waals surface area contributed by atoms with Crippen LogP contribution >= 0.6 is 11.3 Å². The normalized spacial score (nSPS) is 12.1. The molecule has 0 N–H and O–H groups in total. The first-order chi connectivity index (χ1) is 12.9. The van der Waals surface area contributed by atoms with E-state index in [1.807, 2.05) is 23.6 Å². The zero-order chi connectivity index (χ0) is 19.8. The predicted molar refractivity (Wildman–Crippen MR) is 105 cm³/mol. The molecule has 0 bridgehead atoms. The van der Waals surface area contributed by atoms with Crippen molar-refractivity contribution in [2.75, 3.05) is 20.8 Å². The zero-order valence-electron chi connectivity index (χ0n) is 16.5. The van der Waals surface area contributed by atoms with Gasteiger partial charge >= 0.3 is 5.97 Å². The van der Waals surface area contributed by atoms with Crippen LogP contribution in [0.1, 0.15) is 32.9 Å². The molecule has 2 aromatic rings. The second-order valence-corrected chi connectivity index (χ2v) is 7.37. The fourth-order valence-electron chi connectivity index (χ4n) is 2.28. The van der Waals surface area contributed by atoms with Crippen molar-refractivity contribution in [3.63, 3.8) is 0 Å². The van der Waals surface area contributed by atoms with Crippen LogP contribution in [-0.4, -0.2) is 37.9 Å². The number of aromatic nitrogens is 1. The molecule has 1 aromatic carbocycles. The van der Waals surface area contributed by atoms with Crippen LogP contribution in [0.5, 0.6) is 11.5 Å². The third-order valence-corrected chi connectivity index (χ3v) is 4.87. The van der Waals surface area contributed by atoms with Gasteiger partial charge in [0.2, 0.25) is 0 Å².